The van der Waals surface area contributed by atoms with Gasteiger partial charge in [0.15, 0.2) is 0 Å². The van der Waals surface area contributed by atoms with Crippen LogP contribution >= 0.6 is 0 Å². The van der Waals surface area contributed by atoms with Gasteiger partial charge < -0.3 is 10.3 Å². The highest BCUT2D eigenvalue weighted by molar-refractivity contribution is 5.11. The Labute approximate surface area is 84.6 Å². The van der Waals surface area contributed by atoms with Gasteiger partial charge in [0.1, 0.15) is 0 Å². The summed E-state index contributed by atoms with van der Waals surface area (Å²) < 4.78 is 1.73. The number of aromatic nitrogens is 1. The van der Waals surface area contributed by atoms with E-state index in [2.05, 4.69) is 0 Å². The van der Waals surface area contributed by atoms with E-state index in [1.54, 1.807) is 10.6 Å². The number of nitrogens with two attached hydrogens (primary N) is 1. The Morgan fingerprint density at radius 2 is 2.00 bits per heavy atom. The van der Waals surface area contributed by atoms with E-state index in [9.17, 15) is 4.79 Å². The van der Waals surface area contributed by atoms with Crippen LogP contribution in [0.5, 0.6) is 0 Å². The van der Waals surface area contributed by atoms with Gasteiger partial charge in [-0.15, -0.1) is 0 Å². The minimum atomic E-state index is 0.0495. The lowest BCUT2D eigenvalue weighted by molar-refractivity contribution is 0.571. The Bertz CT molecular complexity index is 353. The van der Waals surface area contributed by atoms with E-state index < -0.39 is 0 Å². The highest BCUT2D eigenvalue weighted by atomic mass is 16.1. The van der Waals surface area contributed by atoms with E-state index in [0.29, 0.717) is 0 Å². The van der Waals surface area contributed by atoms with Crippen LogP contribution < -0.4 is 11.3 Å². The zero-order chi connectivity index (χ0) is 10.7. The maximum absolute atomic E-state index is 11.4. The van der Waals surface area contributed by atoms with E-state index in [1.807, 2.05) is 33.0 Å². The predicted octanol–water partition coefficient (Wildman–Crippen LogP) is 1.32. The maximum atomic E-state index is 11.4. The second-order valence-electron chi connectivity index (χ2n) is 4.06. The molecule has 0 aliphatic heterocycles. The maximum Gasteiger partial charge on any atom is 0.250 e. The first kappa shape index (κ1) is 11.0. The van der Waals surface area contributed by atoms with E-state index in [0.717, 1.165) is 12.0 Å². The molecule has 78 valence electrons. The first-order valence-electron chi connectivity index (χ1n) is 4.97. The van der Waals surface area contributed by atoms with Crippen LogP contribution in [0.15, 0.2) is 23.1 Å². The lowest BCUT2D eigenvalue weighted by Crippen LogP contribution is -2.23. The summed E-state index contributed by atoms with van der Waals surface area (Å²) in [7, 11) is 0. The molecule has 0 fully saturated rings. The molecule has 0 aliphatic carbocycles. The molecule has 3 nitrogen and oxygen atoms in total. The summed E-state index contributed by atoms with van der Waals surface area (Å²) >= 11 is 0. The van der Waals surface area contributed by atoms with Crippen molar-refractivity contribution < 1.29 is 0 Å². The van der Waals surface area contributed by atoms with Crippen molar-refractivity contribution in [3.05, 3.63) is 34.2 Å². The molecule has 1 unspecified atom stereocenters. The number of rotatable bonds is 3. The largest absolute Gasteiger partial charge is 0.328 e. The van der Waals surface area contributed by atoms with Crippen LogP contribution in [0.1, 0.15) is 32.4 Å². The molecular formula is C11H18N2O. The van der Waals surface area contributed by atoms with Gasteiger partial charge in [0.25, 0.3) is 5.56 Å². The van der Waals surface area contributed by atoms with Crippen LogP contribution in [-0.4, -0.2) is 10.6 Å². The van der Waals surface area contributed by atoms with Crippen LogP contribution in [0.2, 0.25) is 0 Å². The molecule has 0 aliphatic rings. The molecule has 1 heterocycles. The van der Waals surface area contributed by atoms with Crippen LogP contribution in [0.25, 0.3) is 0 Å². The zero-order valence-corrected chi connectivity index (χ0v) is 9.03. The summed E-state index contributed by atoms with van der Waals surface area (Å²) in [4.78, 5) is 11.4. The van der Waals surface area contributed by atoms with Gasteiger partial charge >= 0.3 is 0 Å². The van der Waals surface area contributed by atoms with Crippen molar-refractivity contribution in [2.45, 2.75) is 39.3 Å². The van der Waals surface area contributed by atoms with Crippen molar-refractivity contribution in [1.29, 1.82) is 0 Å². The molecule has 1 aromatic heterocycles. The molecule has 0 aromatic carbocycles. The molecule has 1 aromatic rings. The molecule has 0 saturated heterocycles. The van der Waals surface area contributed by atoms with Crippen molar-refractivity contribution in [1.82, 2.24) is 4.57 Å². The van der Waals surface area contributed by atoms with Gasteiger partial charge in [0.2, 0.25) is 0 Å². The molecule has 0 amide bonds. The first-order valence-corrected chi connectivity index (χ1v) is 4.97. The number of pyridine rings is 1. The average Bonchev–Trinajstić information content (AvgIpc) is 2.07. The van der Waals surface area contributed by atoms with Crippen LogP contribution in [0.4, 0.5) is 0 Å². The van der Waals surface area contributed by atoms with Gasteiger partial charge in [-0.3, -0.25) is 4.79 Å². The Hall–Kier alpha value is -1.09. The molecule has 0 bridgehead atoms. The lowest BCUT2D eigenvalue weighted by atomic mass is 10.1. The quantitative estimate of drug-likeness (QED) is 0.789. The van der Waals surface area contributed by atoms with Crippen LogP contribution in [0, 0.1) is 0 Å². The van der Waals surface area contributed by atoms with Gasteiger partial charge in [0.05, 0.1) is 0 Å². The van der Waals surface area contributed by atoms with Crippen molar-refractivity contribution in [3.8, 4) is 0 Å². The summed E-state index contributed by atoms with van der Waals surface area (Å²) in [6, 6.07) is 3.80. The number of hydrogen-bond acceptors (Lipinski definition) is 2. The lowest BCUT2D eigenvalue weighted by Gasteiger charge is -2.12. The Morgan fingerprint density at radius 3 is 2.50 bits per heavy atom. The number of hydrogen-bond donors (Lipinski definition) is 1. The number of nitrogens with zero attached hydrogens (tertiary/aromatic N) is 1. The molecule has 2 N–H and O–H groups in total. The fourth-order valence-corrected chi connectivity index (χ4v) is 1.45. The monoisotopic (exact) mass is 194 g/mol. The third-order valence-electron chi connectivity index (χ3n) is 2.11. The minimum Gasteiger partial charge on any atom is -0.328 e. The van der Waals surface area contributed by atoms with Crippen molar-refractivity contribution in [3.63, 3.8) is 0 Å². The minimum absolute atomic E-state index is 0.0495. The molecule has 0 spiro atoms. The summed E-state index contributed by atoms with van der Waals surface area (Å²) in [5.41, 5.74) is 6.87. The molecule has 1 rings (SSSR count). The Balaban J connectivity index is 3.01. The fraction of sp³-hybridized carbons (Fsp3) is 0.545. The highest BCUT2D eigenvalue weighted by Gasteiger charge is 2.03. The zero-order valence-electron chi connectivity index (χ0n) is 9.03. The van der Waals surface area contributed by atoms with Gasteiger partial charge in [0, 0.05) is 24.3 Å². The van der Waals surface area contributed by atoms with Gasteiger partial charge in [-0.05, 0) is 32.8 Å². The predicted molar refractivity (Wildman–Crippen MR) is 58.4 cm³/mol. The van der Waals surface area contributed by atoms with Crippen molar-refractivity contribution in [2.24, 2.45) is 5.73 Å². The van der Waals surface area contributed by atoms with Crippen molar-refractivity contribution >= 4 is 0 Å². The molecule has 0 saturated carbocycles. The van der Waals surface area contributed by atoms with Crippen molar-refractivity contribution in [2.75, 3.05) is 0 Å². The standard InChI is InChI=1S/C11H18N2O/c1-8(2)13-7-10(6-9(3)12)4-5-11(13)14/h4-5,7-9H,6,12H2,1-3H3. The summed E-state index contributed by atoms with van der Waals surface area (Å²) in [5.74, 6) is 0. The third-order valence-corrected chi connectivity index (χ3v) is 2.11. The topological polar surface area (TPSA) is 48.0 Å². The van der Waals surface area contributed by atoms with E-state index in [-0.39, 0.29) is 17.6 Å². The fourth-order valence-electron chi connectivity index (χ4n) is 1.45. The van der Waals surface area contributed by atoms with Crippen LogP contribution in [-0.2, 0) is 6.42 Å². The molecular weight excluding hydrogens is 176 g/mol. The third kappa shape index (κ3) is 2.70. The second-order valence-corrected chi connectivity index (χ2v) is 4.06. The van der Waals surface area contributed by atoms with E-state index in [4.69, 9.17) is 5.73 Å². The molecule has 1 atom stereocenters. The SMILES string of the molecule is CC(N)Cc1ccc(=O)n(C(C)C)c1. The summed E-state index contributed by atoms with van der Waals surface area (Å²) in [6.07, 6.45) is 2.71. The normalized spacial score (nSPS) is 13.2. The Kier molecular flexibility index (Phi) is 3.47. The average molecular weight is 194 g/mol. The molecule has 3 heteroatoms. The van der Waals surface area contributed by atoms with Gasteiger partial charge in [-0.2, -0.15) is 0 Å². The van der Waals surface area contributed by atoms with Gasteiger partial charge in [-0.25, -0.2) is 0 Å². The summed E-state index contributed by atoms with van der Waals surface area (Å²) in [5, 5.41) is 0. The smallest absolute Gasteiger partial charge is 0.250 e. The molecule has 0 radical (unpaired) electrons. The first-order chi connectivity index (χ1) is 6.50. The Morgan fingerprint density at radius 1 is 1.36 bits per heavy atom. The van der Waals surface area contributed by atoms with E-state index in [1.165, 1.54) is 0 Å². The highest BCUT2D eigenvalue weighted by Crippen LogP contribution is 2.04. The van der Waals surface area contributed by atoms with E-state index >= 15 is 0 Å². The molecule has 14 heavy (non-hydrogen) atoms. The van der Waals surface area contributed by atoms with Gasteiger partial charge in [-0.1, -0.05) is 6.07 Å². The van der Waals surface area contributed by atoms with Crippen LogP contribution in [0.3, 0.4) is 0 Å². The second kappa shape index (κ2) is 4.42. The summed E-state index contributed by atoms with van der Waals surface area (Å²) in [6.45, 7) is 5.96.